The van der Waals surface area contributed by atoms with Crippen molar-refractivity contribution in [3.63, 3.8) is 0 Å². The zero-order valence-corrected chi connectivity index (χ0v) is 35.1. The molecule has 0 aromatic heterocycles. The highest BCUT2D eigenvalue weighted by Gasteiger charge is 2.40. The summed E-state index contributed by atoms with van der Waals surface area (Å²) >= 11 is 0.795. The Balaban J connectivity index is 1.29. The number of nitro groups is 2. The molecule has 11 heteroatoms. The van der Waals surface area contributed by atoms with Crippen molar-refractivity contribution >= 4 is 34.1 Å². The van der Waals surface area contributed by atoms with Crippen LogP contribution in [0.1, 0.15) is 103 Å². The number of aryl methyl sites for hydroxylation is 2. The summed E-state index contributed by atoms with van der Waals surface area (Å²) in [5, 5.41) is 25.6. The van der Waals surface area contributed by atoms with Crippen molar-refractivity contribution in [3.8, 4) is 44.5 Å². The number of benzene rings is 5. The molecule has 5 aromatic carbocycles. The van der Waals surface area contributed by atoms with Crippen LogP contribution >= 0.6 is 0 Å². The van der Waals surface area contributed by atoms with Crippen molar-refractivity contribution in [2.24, 2.45) is 20.6 Å². The molecule has 8 nitrogen and oxygen atoms in total. The predicted molar refractivity (Wildman–Crippen MR) is 236 cm³/mol. The molecule has 0 N–H and O–H groups in total. The van der Waals surface area contributed by atoms with Crippen LogP contribution in [0.4, 0.5) is 31.5 Å². The fourth-order valence-electron chi connectivity index (χ4n) is 8.24. The lowest BCUT2D eigenvalue weighted by molar-refractivity contribution is -0.421. The van der Waals surface area contributed by atoms with Crippen molar-refractivity contribution in [1.29, 1.82) is 0 Å². The maximum absolute atomic E-state index is 15.5. The lowest BCUT2D eigenvalue weighted by atomic mass is 9.90. The molecule has 1 aliphatic heterocycles. The van der Waals surface area contributed by atoms with E-state index in [4.69, 9.17) is 0 Å². The molecule has 6 rings (SSSR count). The van der Waals surface area contributed by atoms with Crippen molar-refractivity contribution in [2.75, 3.05) is 0 Å². The molecule has 2 unspecified atom stereocenters. The Bertz CT molecular complexity index is 2220. The van der Waals surface area contributed by atoms with E-state index in [1.165, 1.54) is 25.7 Å². The van der Waals surface area contributed by atoms with Gasteiger partial charge in [0.2, 0.25) is 0 Å². The number of hydrogen-bond donors (Lipinski definition) is 0. The van der Waals surface area contributed by atoms with Gasteiger partial charge in [-0.25, -0.2) is 8.78 Å². The summed E-state index contributed by atoms with van der Waals surface area (Å²) < 4.78 is 39.8. The van der Waals surface area contributed by atoms with Crippen LogP contribution in [0.2, 0.25) is 0 Å². The monoisotopic (exact) mass is 818 g/mol. The van der Waals surface area contributed by atoms with E-state index in [9.17, 15) is 20.2 Å². The summed E-state index contributed by atoms with van der Waals surface area (Å²) in [6.45, 7) is 8.78. The van der Waals surface area contributed by atoms with Gasteiger partial charge in [0.05, 0.1) is 32.3 Å². The van der Waals surface area contributed by atoms with Crippen LogP contribution in [-0.2, 0) is 24.2 Å². The van der Waals surface area contributed by atoms with E-state index in [1.807, 2.05) is 12.1 Å². The number of halogens is 2. The Hall–Kier alpha value is -5.42. The molecule has 0 saturated carbocycles. The molecule has 0 saturated heterocycles. The SMILES string of the molecule is CCCCC(CC)CCc1ccc(-c2ccc(-c3c4c(c(-c5ccc(-c6ccc(CCC(CC)CCCC)cc6F)cc5)c([N+](=O)[O-])c3[N+](=O)[O-])N=S=N4)cc2)c(F)c1. The van der Waals surface area contributed by atoms with Crippen LogP contribution in [0, 0.1) is 43.7 Å². The minimum atomic E-state index is -0.759. The zero-order valence-electron chi connectivity index (χ0n) is 34.3. The van der Waals surface area contributed by atoms with E-state index in [-0.39, 0.29) is 34.1 Å². The van der Waals surface area contributed by atoms with Gasteiger partial charge in [-0.3, -0.25) is 20.2 Å². The third-order valence-corrected chi connectivity index (χ3v) is 12.4. The van der Waals surface area contributed by atoms with Crippen molar-refractivity contribution in [3.05, 3.63) is 128 Å². The maximum atomic E-state index is 15.5. The Morgan fingerprint density at radius 2 is 0.932 bits per heavy atom. The molecule has 59 heavy (non-hydrogen) atoms. The van der Waals surface area contributed by atoms with Gasteiger partial charge >= 0.3 is 11.4 Å². The molecular formula is C48H52F2N4O4S. The summed E-state index contributed by atoms with van der Waals surface area (Å²) in [7, 11) is 0. The number of nitro benzene ring substituents is 2. The minimum Gasteiger partial charge on any atom is -0.258 e. The van der Waals surface area contributed by atoms with Crippen LogP contribution < -0.4 is 0 Å². The van der Waals surface area contributed by atoms with Gasteiger partial charge in [0, 0.05) is 11.1 Å². The highest BCUT2D eigenvalue weighted by molar-refractivity contribution is 7.58. The van der Waals surface area contributed by atoms with Gasteiger partial charge in [0.25, 0.3) is 0 Å². The van der Waals surface area contributed by atoms with Crippen LogP contribution in [0.15, 0.2) is 93.7 Å². The summed E-state index contributed by atoms with van der Waals surface area (Å²) in [4.78, 5) is 24.1. The summed E-state index contributed by atoms with van der Waals surface area (Å²) in [6.07, 6.45) is 12.9. The molecule has 0 spiro atoms. The fourth-order valence-corrected chi connectivity index (χ4v) is 8.80. The lowest BCUT2D eigenvalue weighted by Crippen LogP contribution is -2.02. The highest BCUT2D eigenvalue weighted by Crippen LogP contribution is 2.57. The molecule has 0 radical (unpaired) electrons. The maximum Gasteiger partial charge on any atom is 0.356 e. The fraction of sp³-hybridized carbons (Fsp3) is 0.375. The van der Waals surface area contributed by atoms with Crippen LogP contribution in [-0.4, -0.2) is 9.85 Å². The molecule has 0 fully saturated rings. The average molecular weight is 819 g/mol. The van der Waals surface area contributed by atoms with E-state index >= 15 is 8.78 Å². The van der Waals surface area contributed by atoms with Gasteiger partial charge in [-0.05, 0) is 83.0 Å². The normalized spacial score (nSPS) is 12.9. The van der Waals surface area contributed by atoms with Gasteiger partial charge in [-0.15, -0.1) is 0 Å². The molecular weight excluding hydrogens is 767 g/mol. The average Bonchev–Trinajstić information content (AvgIpc) is 3.73. The molecule has 1 heterocycles. The van der Waals surface area contributed by atoms with E-state index in [2.05, 4.69) is 36.4 Å². The smallest absolute Gasteiger partial charge is 0.258 e. The van der Waals surface area contributed by atoms with Crippen LogP contribution in [0.5, 0.6) is 0 Å². The number of nitrogens with zero attached hydrogens (tertiary/aromatic N) is 4. The molecule has 1 aliphatic rings. The molecule has 0 amide bonds. The van der Waals surface area contributed by atoms with Gasteiger partial charge in [0.15, 0.2) is 0 Å². The zero-order chi connectivity index (χ0) is 42.1. The standard InChI is InChI=1S/C48H52F2N4O4S/c1-5-9-11-31(7-3)13-15-33-17-27-39(41(49)29-33)35-19-23-37(24-20-35)43-45-46(52-59-51-45)44(48(54(57)58)47(43)53(55)56)38-25-21-36(22-26-38)40-28-18-34(30-42(40)50)16-14-32(8-4)12-10-6-2/h17-32H,5-16H2,1-4H3. The second-order valence-corrected chi connectivity index (χ2v) is 16.1. The van der Waals surface area contributed by atoms with E-state index in [1.54, 1.807) is 72.8 Å². The first-order chi connectivity index (χ1) is 28.6. The highest BCUT2D eigenvalue weighted by atomic mass is 32.1. The summed E-state index contributed by atoms with van der Waals surface area (Å²) in [5.74, 6) is 0.500. The van der Waals surface area contributed by atoms with E-state index in [0.717, 1.165) is 73.8 Å². The van der Waals surface area contributed by atoms with Crippen molar-refractivity contribution < 1.29 is 18.6 Å². The number of unbranched alkanes of at least 4 members (excludes halogenated alkanes) is 2. The quantitative estimate of drug-likeness (QED) is 0.0564. The third-order valence-electron chi connectivity index (χ3n) is 11.8. The Kier molecular flexibility index (Phi) is 14.7. The van der Waals surface area contributed by atoms with Gasteiger partial charge < -0.3 is 0 Å². The van der Waals surface area contributed by atoms with Gasteiger partial charge in [0.1, 0.15) is 23.0 Å². The summed E-state index contributed by atoms with van der Waals surface area (Å²) in [5.41, 5.74) is 3.14. The Morgan fingerprint density at radius 1 is 0.559 bits per heavy atom. The van der Waals surface area contributed by atoms with E-state index < -0.39 is 21.2 Å². The summed E-state index contributed by atoms with van der Waals surface area (Å²) in [6, 6.07) is 23.5. The molecule has 0 aliphatic carbocycles. The van der Waals surface area contributed by atoms with E-state index in [0.29, 0.717) is 45.2 Å². The minimum absolute atomic E-state index is 0.0421. The Morgan fingerprint density at radius 3 is 1.25 bits per heavy atom. The van der Waals surface area contributed by atoms with Crippen molar-refractivity contribution in [2.45, 2.75) is 105 Å². The molecule has 5 aromatic rings. The second-order valence-electron chi connectivity index (χ2n) is 15.6. The number of fused-ring (bicyclic) bond motifs is 1. The largest absolute Gasteiger partial charge is 0.356 e. The first kappa shape index (κ1) is 43.2. The first-order valence-electron chi connectivity index (χ1n) is 21.0. The molecule has 0 bridgehead atoms. The van der Waals surface area contributed by atoms with Crippen LogP contribution in [0.25, 0.3) is 44.5 Å². The molecule has 308 valence electrons. The van der Waals surface area contributed by atoms with Crippen molar-refractivity contribution in [1.82, 2.24) is 0 Å². The van der Waals surface area contributed by atoms with Crippen LogP contribution in [0.3, 0.4) is 0 Å². The first-order valence-corrected chi connectivity index (χ1v) is 21.7. The number of hydrogen-bond acceptors (Lipinski definition) is 6. The Labute approximate surface area is 349 Å². The van der Waals surface area contributed by atoms with Gasteiger partial charge in [-0.2, -0.15) is 8.73 Å². The lowest BCUT2D eigenvalue weighted by Gasteiger charge is -2.15. The predicted octanol–water partition coefficient (Wildman–Crippen LogP) is 15.5. The second kappa shape index (κ2) is 20.0. The number of rotatable bonds is 20. The topological polar surface area (TPSA) is 111 Å². The van der Waals surface area contributed by atoms with Gasteiger partial charge in [-0.1, -0.05) is 152 Å². The third kappa shape index (κ3) is 9.90. The molecule has 2 atom stereocenters.